The van der Waals surface area contributed by atoms with Crippen LogP contribution in [0.4, 0.5) is 0 Å². The highest BCUT2D eigenvalue weighted by atomic mass is 127. The highest BCUT2D eigenvalue weighted by molar-refractivity contribution is 14.1. The largest absolute Gasteiger partial charge is 0.487 e. The predicted octanol–water partition coefficient (Wildman–Crippen LogP) is 2.04. The molecular formula is C3H9BCl2IN. The summed E-state index contributed by atoms with van der Waals surface area (Å²) in [4.78, 5) is 0. The number of halogens is 3. The van der Waals surface area contributed by atoms with Gasteiger partial charge in [-0.2, -0.15) is 0 Å². The van der Waals surface area contributed by atoms with E-state index in [1.807, 2.05) is 43.5 Å². The minimum atomic E-state index is -1.29. The lowest BCUT2D eigenvalue weighted by Crippen LogP contribution is -2.49. The van der Waals surface area contributed by atoms with Gasteiger partial charge in [0.1, 0.15) is 0 Å². The molecule has 0 heterocycles. The van der Waals surface area contributed by atoms with Crippen LogP contribution in [0.25, 0.3) is 0 Å². The molecule has 0 radical (unpaired) electrons. The van der Waals surface area contributed by atoms with Gasteiger partial charge in [-0.1, -0.05) is 0 Å². The van der Waals surface area contributed by atoms with Gasteiger partial charge in [0.25, 0.3) is 0 Å². The SMILES string of the molecule is C[N+](C)(C)[B-](Cl)(Cl)I. The first-order valence-corrected chi connectivity index (χ1v) is 4.37. The van der Waals surface area contributed by atoms with E-state index in [9.17, 15) is 0 Å². The summed E-state index contributed by atoms with van der Waals surface area (Å²) >= 11 is 13.6. The zero-order valence-corrected chi connectivity index (χ0v) is 8.83. The molecule has 0 aromatic carbocycles. The van der Waals surface area contributed by atoms with Gasteiger partial charge in [-0.05, 0) is 0 Å². The minimum absolute atomic E-state index is 0.601. The lowest BCUT2D eigenvalue weighted by Gasteiger charge is -2.41. The Morgan fingerprint density at radius 2 is 1.38 bits per heavy atom. The van der Waals surface area contributed by atoms with Crippen LogP contribution in [-0.4, -0.2) is 28.5 Å². The van der Waals surface area contributed by atoms with Crippen molar-refractivity contribution in [3.8, 4) is 0 Å². The summed E-state index contributed by atoms with van der Waals surface area (Å²) < 4.78 is -0.693. The summed E-state index contributed by atoms with van der Waals surface area (Å²) in [6.07, 6.45) is 0. The zero-order chi connectivity index (χ0) is 7.00. The molecule has 0 rings (SSSR count). The Labute approximate surface area is 73.6 Å². The van der Waals surface area contributed by atoms with Crippen molar-refractivity contribution in [1.29, 1.82) is 0 Å². The van der Waals surface area contributed by atoms with Crippen LogP contribution in [0, 0.1) is 0 Å². The maximum atomic E-state index is 5.80. The molecule has 0 aromatic heterocycles. The van der Waals surface area contributed by atoms with Gasteiger partial charge in [0.15, 0.2) is 0 Å². The fourth-order valence-electron chi connectivity index (χ4n) is 0. The molecule has 0 atom stereocenters. The number of rotatable bonds is 1. The Bertz CT molecular complexity index is 72.3. The molecule has 1 nitrogen and oxygen atoms in total. The summed E-state index contributed by atoms with van der Waals surface area (Å²) in [5.74, 6) is 0. The predicted molar refractivity (Wildman–Crippen MR) is 49.5 cm³/mol. The van der Waals surface area contributed by atoms with Gasteiger partial charge >= 0.3 is 2.97 Å². The molecule has 0 spiro atoms. The van der Waals surface area contributed by atoms with E-state index in [1.165, 1.54) is 0 Å². The van der Waals surface area contributed by atoms with Gasteiger partial charge in [0.05, 0.1) is 0 Å². The lowest BCUT2D eigenvalue weighted by molar-refractivity contribution is -0.756. The van der Waals surface area contributed by atoms with Gasteiger partial charge in [-0.15, -0.1) is 0 Å². The molecule has 0 fully saturated rings. The molecule has 0 unspecified atom stereocenters. The van der Waals surface area contributed by atoms with Crippen LogP contribution in [0.2, 0.25) is 0 Å². The standard InChI is InChI=1S/C3H9BCl2IN/c1-8(2,3)4(5,6)7/h1-3H3. The van der Waals surface area contributed by atoms with E-state index < -0.39 is 2.97 Å². The summed E-state index contributed by atoms with van der Waals surface area (Å²) in [7, 11) is 5.89. The van der Waals surface area contributed by atoms with E-state index in [-0.39, 0.29) is 0 Å². The topological polar surface area (TPSA) is 0 Å². The van der Waals surface area contributed by atoms with E-state index in [0.29, 0.717) is 4.39 Å². The second-order valence-corrected chi connectivity index (χ2v) is 7.42. The Kier molecular flexibility index (Phi) is 2.94. The second-order valence-electron chi connectivity index (χ2n) is 2.66. The van der Waals surface area contributed by atoms with Crippen molar-refractivity contribution in [2.24, 2.45) is 0 Å². The maximum absolute atomic E-state index is 5.80. The van der Waals surface area contributed by atoms with E-state index in [4.69, 9.17) is 22.9 Å². The first kappa shape index (κ1) is 9.33. The van der Waals surface area contributed by atoms with E-state index in [2.05, 4.69) is 0 Å². The third-order valence-corrected chi connectivity index (χ3v) is 3.72. The Morgan fingerprint density at radius 1 is 1.25 bits per heavy atom. The smallest absolute Gasteiger partial charge is 0.432 e. The van der Waals surface area contributed by atoms with Gasteiger partial charge in [-0.3, -0.25) is 22.9 Å². The van der Waals surface area contributed by atoms with Crippen LogP contribution in [-0.2, 0) is 0 Å². The summed E-state index contributed by atoms with van der Waals surface area (Å²) in [6, 6.07) is 0. The molecule has 0 saturated carbocycles. The highest BCUT2D eigenvalue weighted by Crippen LogP contribution is 2.29. The molecule has 8 heavy (non-hydrogen) atoms. The van der Waals surface area contributed by atoms with Crippen molar-refractivity contribution in [1.82, 2.24) is 0 Å². The highest BCUT2D eigenvalue weighted by Gasteiger charge is 2.30. The molecule has 50 valence electrons. The zero-order valence-electron chi connectivity index (χ0n) is 5.16. The average molecular weight is 268 g/mol. The first-order valence-electron chi connectivity index (χ1n) is 2.25. The first-order chi connectivity index (χ1) is 3.25. The average Bonchev–Trinajstić information content (AvgIpc) is 1.25. The summed E-state index contributed by atoms with van der Waals surface area (Å²) in [6.45, 7) is 0. The van der Waals surface area contributed by atoms with Gasteiger partial charge < -0.3 is 4.39 Å². The van der Waals surface area contributed by atoms with E-state index >= 15 is 0 Å². The van der Waals surface area contributed by atoms with Crippen molar-refractivity contribution in [2.45, 2.75) is 0 Å². The van der Waals surface area contributed by atoms with E-state index in [1.54, 1.807) is 0 Å². The monoisotopic (exact) mass is 267 g/mol. The molecular weight excluding hydrogens is 259 g/mol. The van der Waals surface area contributed by atoms with Gasteiger partial charge in [0.2, 0.25) is 0 Å². The normalized spacial score (nSPS) is 14.2. The fraction of sp³-hybridized carbons (Fsp3) is 1.00. The van der Waals surface area contributed by atoms with Crippen LogP contribution in [0.1, 0.15) is 0 Å². The Balaban J connectivity index is 4.02. The third kappa shape index (κ3) is 2.76. The molecule has 0 aliphatic heterocycles. The fourth-order valence-corrected chi connectivity index (χ4v) is 0. The van der Waals surface area contributed by atoms with Crippen LogP contribution >= 0.6 is 45.3 Å². The Morgan fingerprint density at radius 3 is 1.38 bits per heavy atom. The lowest BCUT2D eigenvalue weighted by atomic mass is 10.2. The molecule has 0 bridgehead atoms. The maximum Gasteiger partial charge on any atom is 0.432 e. The summed E-state index contributed by atoms with van der Waals surface area (Å²) in [5, 5.41) is 0. The van der Waals surface area contributed by atoms with Crippen molar-refractivity contribution in [3.05, 3.63) is 0 Å². The number of hydrogen-bond donors (Lipinski definition) is 0. The van der Waals surface area contributed by atoms with Crippen molar-refractivity contribution < 1.29 is 4.39 Å². The quantitative estimate of drug-likeness (QED) is 0.504. The summed E-state index contributed by atoms with van der Waals surface area (Å²) in [5.41, 5.74) is 0. The second kappa shape index (κ2) is 2.52. The van der Waals surface area contributed by atoms with Crippen LogP contribution in [0.3, 0.4) is 0 Å². The third-order valence-electron chi connectivity index (χ3n) is 0.878. The molecule has 0 aliphatic carbocycles. The van der Waals surface area contributed by atoms with Crippen LogP contribution in [0.15, 0.2) is 0 Å². The molecule has 0 N–H and O–H groups in total. The van der Waals surface area contributed by atoms with Crippen LogP contribution in [0.5, 0.6) is 0 Å². The minimum Gasteiger partial charge on any atom is -0.487 e. The van der Waals surface area contributed by atoms with Gasteiger partial charge in [-0.25, -0.2) is 22.4 Å². The van der Waals surface area contributed by atoms with Gasteiger partial charge in [0, 0.05) is 21.1 Å². The van der Waals surface area contributed by atoms with Crippen molar-refractivity contribution in [3.63, 3.8) is 0 Å². The van der Waals surface area contributed by atoms with Crippen molar-refractivity contribution >= 4 is 48.3 Å². The number of quaternary nitrogens is 1. The molecule has 5 heteroatoms. The van der Waals surface area contributed by atoms with Crippen LogP contribution < -0.4 is 0 Å². The molecule has 0 aliphatic rings. The number of nitrogens with zero attached hydrogens (tertiary/aromatic N) is 1. The number of hydrogen-bond acceptors (Lipinski definition) is 0. The Hall–Kier alpha value is 1.33. The molecule has 0 amide bonds. The molecule has 0 aromatic rings. The van der Waals surface area contributed by atoms with Crippen molar-refractivity contribution in [2.75, 3.05) is 21.1 Å². The van der Waals surface area contributed by atoms with E-state index in [0.717, 1.165) is 0 Å². The molecule has 0 saturated heterocycles.